The molecule has 2 heterocycles. The molecular weight excluding hydrogens is 370 g/mol. The van der Waals surface area contributed by atoms with Crippen LogP contribution in [0.3, 0.4) is 0 Å². The molecule has 0 bridgehead atoms. The van der Waals surface area contributed by atoms with E-state index < -0.39 is 5.63 Å². The van der Waals surface area contributed by atoms with Crippen LogP contribution >= 0.6 is 11.3 Å². The smallest absolute Gasteiger partial charge is 0.345 e. The lowest BCUT2D eigenvalue weighted by Crippen LogP contribution is -2.31. The molecule has 0 aliphatic heterocycles. The van der Waals surface area contributed by atoms with E-state index >= 15 is 0 Å². The average molecular weight is 391 g/mol. The fourth-order valence-electron chi connectivity index (χ4n) is 3.47. The van der Waals surface area contributed by atoms with Gasteiger partial charge < -0.3 is 9.32 Å². The van der Waals surface area contributed by atoms with Gasteiger partial charge in [-0.3, -0.25) is 4.79 Å². The lowest BCUT2D eigenvalue weighted by atomic mass is 10.1. The molecule has 0 atom stereocenters. The van der Waals surface area contributed by atoms with Crippen molar-refractivity contribution in [3.63, 3.8) is 0 Å². The number of benzene rings is 2. The predicted molar refractivity (Wildman–Crippen MR) is 116 cm³/mol. The van der Waals surface area contributed by atoms with Gasteiger partial charge in [0.1, 0.15) is 5.58 Å². The van der Waals surface area contributed by atoms with Gasteiger partial charge in [0.05, 0.1) is 15.0 Å². The van der Waals surface area contributed by atoms with Crippen LogP contribution in [0.15, 0.2) is 57.7 Å². The second kappa shape index (κ2) is 7.24. The normalized spacial score (nSPS) is 11.2. The zero-order chi connectivity index (χ0) is 19.8. The number of thiophene rings is 1. The lowest BCUT2D eigenvalue weighted by molar-refractivity contribution is 0.0990. The Morgan fingerprint density at radius 1 is 1.07 bits per heavy atom. The van der Waals surface area contributed by atoms with Gasteiger partial charge in [-0.25, -0.2) is 4.79 Å². The minimum Gasteiger partial charge on any atom is -0.422 e. The van der Waals surface area contributed by atoms with Gasteiger partial charge in [0, 0.05) is 17.6 Å². The van der Waals surface area contributed by atoms with Gasteiger partial charge in [-0.15, -0.1) is 11.3 Å². The molecule has 0 spiro atoms. The minimum atomic E-state index is -0.403. The molecule has 0 saturated heterocycles. The molecule has 28 heavy (non-hydrogen) atoms. The van der Waals surface area contributed by atoms with Gasteiger partial charge in [-0.2, -0.15) is 0 Å². The molecule has 0 fully saturated rings. The van der Waals surface area contributed by atoms with Crippen LogP contribution in [0.5, 0.6) is 0 Å². The Kier molecular flexibility index (Phi) is 4.77. The monoisotopic (exact) mass is 391 g/mol. The molecule has 1 amide bonds. The third kappa shape index (κ3) is 3.12. The Morgan fingerprint density at radius 2 is 1.86 bits per heavy atom. The van der Waals surface area contributed by atoms with Crippen LogP contribution in [0.1, 0.15) is 34.1 Å². The summed E-state index contributed by atoms with van der Waals surface area (Å²) in [6.45, 7) is 6.67. The van der Waals surface area contributed by atoms with E-state index in [0.717, 1.165) is 33.3 Å². The van der Waals surface area contributed by atoms with Crippen molar-refractivity contribution < 1.29 is 9.21 Å². The Bertz CT molecular complexity index is 1250. The maximum atomic E-state index is 13.4. The lowest BCUT2D eigenvalue weighted by Gasteiger charge is -2.23. The van der Waals surface area contributed by atoms with E-state index in [1.54, 1.807) is 11.0 Å². The minimum absolute atomic E-state index is 0.0856. The highest BCUT2D eigenvalue weighted by molar-refractivity contribution is 7.21. The van der Waals surface area contributed by atoms with Gasteiger partial charge in [0.25, 0.3) is 5.91 Å². The SMILES string of the molecule is CCCN(C(=O)c1cc2c(=O)oc3ccc(C)cc3c2s1)c1ccccc1C. The first-order valence-electron chi connectivity index (χ1n) is 9.34. The third-order valence-electron chi connectivity index (χ3n) is 4.84. The van der Waals surface area contributed by atoms with E-state index in [1.165, 1.54) is 11.3 Å². The van der Waals surface area contributed by atoms with Crippen molar-refractivity contribution >= 4 is 44.0 Å². The maximum absolute atomic E-state index is 13.4. The first-order valence-corrected chi connectivity index (χ1v) is 10.2. The Morgan fingerprint density at radius 3 is 2.61 bits per heavy atom. The van der Waals surface area contributed by atoms with Crippen LogP contribution in [0.2, 0.25) is 0 Å². The van der Waals surface area contributed by atoms with Gasteiger partial charge >= 0.3 is 5.63 Å². The molecule has 0 unspecified atom stereocenters. The van der Waals surface area contributed by atoms with Crippen LogP contribution in [0.25, 0.3) is 21.1 Å². The zero-order valence-electron chi connectivity index (χ0n) is 16.1. The first kappa shape index (κ1) is 18.4. The quantitative estimate of drug-likeness (QED) is 0.421. The van der Waals surface area contributed by atoms with Crippen molar-refractivity contribution in [2.75, 3.05) is 11.4 Å². The standard InChI is InChI=1S/C23H21NO3S/c1-4-11-24(18-8-6-5-7-15(18)3)22(25)20-13-17-21(28-20)16-12-14(2)9-10-19(16)27-23(17)26/h5-10,12-13H,4,11H2,1-3H3. The second-order valence-electron chi connectivity index (χ2n) is 6.99. The molecule has 5 heteroatoms. The molecule has 4 aromatic rings. The van der Waals surface area contributed by atoms with Crippen LogP contribution in [-0.2, 0) is 0 Å². The molecule has 0 saturated carbocycles. The van der Waals surface area contributed by atoms with Crippen LogP contribution in [-0.4, -0.2) is 12.5 Å². The predicted octanol–water partition coefficient (Wildman–Crippen LogP) is 5.68. The van der Waals surface area contributed by atoms with Gasteiger partial charge in [-0.05, 0) is 50.1 Å². The summed E-state index contributed by atoms with van der Waals surface area (Å²) in [6.07, 6.45) is 0.842. The Hall–Kier alpha value is -2.92. The van der Waals surface area contributed by atoms with Crippen molar-refractivity contribution in [1.29, 1.82) is 0 Å². The van der Waals surface area contributed by atoms with Crippen LogP contribution in [0.4, 0.5) is 5.69 Å². The molecule has 142 valence electrons. The fourth-order valence-corrected chi connectivity index (χ4v) is 4.58. The van der Waals surface area contributed by atoms with Gasteiger partial charge in [0.2, 0.25) is 0 Å². The fraction of sp³-hybridized carbons (Fsp3) is 0.217. The summed E-state index contributed by atoms with van der Waals surface area (Å²) in [4.78, 5) is 28.2. The van der Waals surface area contributed by atoms with Gasteiger partial charge in [0.15, 0.2) is 0 Å². The van der Waals surface area contributed by atoms with E-state index in [2.05, 4.69) is 0 Å². The van der Waals surface area contributed by atoms with E-state index in [9.17, 15) is 9.59 Å². The summed E-state index contributed by atoms with van der Waals surface area (Å²) in [5.41, 5.74) is 3.18. The zero-order valence-corrected chi connectivity index (χ0v) is 16.9. The molecule has 4 nitrogen and oxygen atoms in total. The molecular formula is C23H21NO3S. The van der Waals surface area contributed by atoms with E-state index in [-0.39, 0.29) is 5.91 Å². The second-order valence-corrected chi connectivity index (χ2v) is 8.04. The van der Waals surface area contributed by atoms with Crippen molar-refractivity contribution in [3.05, 3.63) is 75.0 Å². The molecule has 4 rings (SSSR count). The summed E-state index contributed by atoms with van der Waals surface area (Å²) in [6, 6.07) is 15.3. The highest BCUT2D eigenvalue weighted by Crippen LogP contribution is 2.33. The van der Waals surface area contributed by atoms with E-state index in [1.807, 2.05) is 63.2 Å². The van der Waals surface area contributed by atoms with Crippen molar-refractivity contribution in [3.8, 4) is 0 Å². The highest BCUT2D eigenvalue weighted by atomic mass is 32.1. The van der Waals surface area contributed by atoms with Crippen LogP contribution < -0.4 is 10.5 Å². The number of nitrogens with zero attached hydrogens (tertiary/aromatic N) is 1. The summed E-state index contributed by atoms with van der Waals surface area (Å²) >= 11 is 1.36. The summed E-state index contributed by atoms with van der Waals surface area (Å²) in [7, 11) is 0. The first-order chi connectivity index (χ1) is 13.5. The average Bonchev–Trinajstić information content (AvgIpc) is 3.13. The number of rotatable bonds is 4. The summed E-state index contributed by atoms with van der Waals surface area (Å²) in [5, 5.41) is 1.34. The number of para-hydroxylation sites is 1. The molecule has 0 N–H and O–H groups in total. The number of anilines is 1. The summed E-state index contributed by atoms with van der Waals surface area (Å²) in [5.74, 6) is -0.0856. The number of fused-ring (bicyclic) bond motifs is 3. The van der Waals surface area contributed by atoms with Gasteiger partial charge in [-0.1, -0.05) is 36.8 Å². The number of carbonyl (C=O) groups excluding carboxylic acids is 1. The largest absolute Gasteiger partial charge is 0.422 e. The molecule has 2 aromatic carbocycles. The number of hydrogen-bond acceptors (Lipinski definition) is 4. The number of carbonyl (C=O) groups is 1. The van der Waals surface area contributed by atoms with Crippen molar-refractivity contribution in [2.24, 2.45) is 0 Å². The van der Waals surface area contributed by atoms with Crippen molar-refractivity contribution in [2.45, 2.75) is 27.2 Å². The molecule has 0 aliphatic carbocycles. The van der Waals surface area contributed by atoms with Crippen LogP contribution in [0, 0.1) is 13.8 Å². The molecule has 0 aliphatic rings. The number of hydrogen-bond donors (Lipinski definition) is 0. The third-order valence-corrected chi connectivity index (χ3v) is 6.00. The highest BCUT2D eigenvalue weighted by Gasteiger charge is 2.22. The van der Waals surface area contributed by atoms with E-state index in [4.69, 9.17) is 4.42 Å². The number of amides is 1. The van der Waals surface area contributed by atoms with Crippen molar-refractivity contribution in [1.82, 2.24) is 0 Å². The Labute approximate surface area is 167 Å². The number of aryl methyl sites for hydroxylation is 2. The summed E-state index contributed by atoms with van der Waals surface area (Å²) < 4.78 is 6.27. The topological polar surface area (TPSA) is 50.5 Å². The molecule has 0 radical (unpaired) electrons. The Balaban J connectivity index is 1.88. The maximum Gasteiger partial charge on any atom is 0.345 e. The van der Waals surface area contributed by atoms with E-state index in [0.29, 0.717) is 22.4 Å². The molecule has 2 aromatic heterocycles.